The van der Waals surface area contributed by atoms with Gasteiger partial charge in [-0.25, -0.2) is 14.2 Å². The van der Waals surface area contributed by atoms with Crippen molar-refractivity contribution in [2.45, 2.75) is 24.9 Å². The van der Waals surface area contributed by atoms with Crippen molar-refractivity contribution in [3.05, 3.63) is 89.8 Å². The first-order valence-corrected chi connectivity index (χ1v) is 10.8. The molecule has 1 aliphatic carbocycles. The molecule has 0 bridgehead atoms. The van der Waals surface area contributed by atoms with Crippen LogP contribution in [0.3, 0.4) is 0 Å². The molecule has 2 heterocycles. The van der Waals surface area contributed by atoms with Crippen molar-refractivity contribution in [1.29, 1.82) is 0 Å². The first-order chi connectivity index (χ1) is 16.5. The summed E-state index contributed by atoms with van der Waals surface area (Å²) in [7, 11) is 0. The highest BCUT2D eigenvalue weighted by atomic mass is 19.1. The monoisotopic (exact) mass is 459 g/mol. The predicted octanol–water partition coefficient (Wildman–Crippen LogP) is 3.71. The van der Waals surface area contributed by atoms with Gasteiger partial charge in [0.1, 0.15) is 22.8 Å². The van der Waals surface area contributed by atoms with E-state index in [4.69, 9.17) is 10.5 Å². The number of para-hydroxylation sites is 1. The molecule has 3 N–H and O–H groups in total. The van der Waals surface area contributed by atoms with Gasteiger partial charge in [-0.1, -0.05) is 24.8 Å². The van der Waals surface area contributed by atoms with Crippen molar-refractivity contribution < 1.29 is 13.9 Å². The number of aromatic nitrogens is 3. The smallest absolute Gasteiger partial charge is 0.334 e. The molecule has 0 aliphatic heterocycles. The number of imidazole rings is 1. The van der Waals surface area contributed by atoms with Crippen molar-refractivity contribution in [3.63, 3.8) is 0 Å². The minimum absolute atomic E-state index is 0.0460. The molecule has 4 aromatic rings. The number of carbonyl (C=O) groups excluding carboxylic acids is 1. The third-order valence-electron chi connectivity index (χ3n) is 5.96. The summed E-state index contributed by atoms with van der Waals surface area (Å²) in [6.07, 6.45) is 3.85. The molecule has 5 rings (SSSR count). The number of hydrogen-bond donors (Lipinski definition) is 2. The number of pyridine rings is 1. The second kappa shape index (κ2) is 8.51. The molecule has 1 aliphatic rings. The maximum absolute atomic E-state index is 15.3. The van der Waals surface area contributed by atoms with E-state index in [0.717, 1.165) is 0 Å². The van der Waals surface area contributed by atoms with E-state index in [1.165, 1.54) is 29.0 Å². The molecule has 0 atom stereocenters. The molecule has 0 spiro atoms. The summed E-state index contributed by atoms with van der Waals surface area (Å²) >= 11 is 0. The lowest BCUT2D eigenvalue weighted by molar-refractivity contribution is -0.117. The molecule has 172 valence electrons. The number of amides is 1. The molecule has 1 amide bonds. The van der Waals surface area contributed by atoms with E-state index in [9.17, 15) is 9.59 Å². The number of nitrogens with two attached hydrogens (primary N) is 1. The summed E-state index contributed by atoms with van der Waals surface area (Å²) in [5.74, 6) is 0.0948. The van der Waals surface area contributed by atoms with E-state index in [2.05, 4.69) is 16.9 Å². The van der Waals surface area contributed by atoms with Crippen molar-refractivity contribution in [3.8, 4) is 17.2 Å². The van der Waals surface area contributed by atoms with Gasteiger partial charge in [0.2, 0.25) is 5.91 Å². The van der Waals surface area contributed by atoms with E-state index < -0.39 is 11.5 Å². The lowest BCUT2D eigenvalue weighted by Gasteiger charge is -2.36. The SMILES string of the molecule is C=CC(=O)NC1CC(n2c(=O)n(-c3ccc(Oc4ccccc4)cc3F)c3c(N)nccc32)C1. The van der Waals surface area contributed by atoms with Gasteiger partial charge in [-0.05, 0) is 49.2 Å². The van der Waals surface area contributed by atoms with Crippen LogP contribution < -0.4 is 21.5 Å². The van der Waals surface area contributed by atoms with Crippen LogP contribution in [0.25, 0.3) is 16.7 Å². The molecular formula is C25H22FN5O3. The van der Waals surface area contributed by atoms with Gasteiger partial charge in [0, 0.05) is 24.3 Å². The summed E-state index contributed by atoms with van der Waals surface area (Å²) in [4.78, 5) is 29.2. The topological polar surface area (TPSA) is 104 Å². The zero-order chi connectivity index (χ0) is 23.8. The zero-order valence-corrected chi connectivity index (χ0v) is 18.1. The number of nitrogens with one attached hydrogen (secondary N) is 1. The lowest BCUT2D eigenvalue weighted by Crippen LogP contribution is -2.46. The van der Waals surface area contributed by atoms with Crippen LogP contribution >= 0.6 is 0 Å². The number of fused-ring (bicyclic) bond motifs is 1. The van der Waals surface area contributed by atoms with E-state index in [-0.39, 0.29) is 29.5 Å². The normalized spacial score (nSPS) is 17.2. The second-order valence-corrected chi connectivity index (χ2v) is 8.12. The summed E-state index contributed by atoms with van der Waals surface area (Å²) in [6, 6.07) is 14.8. The molecule has 0 saturated heterocycles. The quantitative estimate of drug-likeness (QED) is 0.428. The summed E-state index contributed by atoms with van der Waals surface area (Å²) in [5.41, 5.74) is 6.64. The summed E-state index contributed by atoms with van der Waals surface area (Å²) in [6.45, 7) is 3.45. The number of carbonyl (C=O) groups is 1. The number of anilines is 1. The fourth-order valence-electron chi connectivity index (χ4n) is 4.30. The van der Waals surface area contributed by atoms with Crippen LogP contribution in [0.4, 0.5) is 10.2 Å². The van der Waals surface area contributed by atoms with Gasteiger partial charge < -0.3 is 15.8 Å². The van der Waals surface area contributed by atoms with Crippen LogP contribution in [0, 0.1) is 5.82 Å². The maximum atomic E-state index is 15.3. The highest BCUT2D eigenvalue weighted by molar-refractivity contribution is 5.88. The number of benzene rings is 2. The second-order valence-electron chi connectivity index (χ2n) is 8.12. The Morgan fingerprint density at radius 3 is 2.65 bits per heavy atom. The minimum Gasteiger partial charge on any atom is -0.457 e. The molecular weight excluding hydrogens is 437 g/mol. The molecule has 1 fully saturated rings. The predicted molar refractivity (Wildman–Crippen MR) is 127 cm³/mol. The molecule has 2 aromatic heterocycles. The van der Waals surface area contributed by atoms with E-state index >= 15 is 4.39 Å². The average molecular weight is 459 g/mol. The Morgan fingerprint density at radius 2 is 1.94 bits per heavy atom. The number of rotatable bonds is 6. The Labute approximate surface area is 194 Å². The van der Waals surface area contributed by atoms with E-state index in [1.54, 1.807) is 28.8 Å². The number of ether oxygens (including phenoxy) is 1. The number of nitrogens with zero attached hydrogens (tertiary/aromatic N) is 3. The molecule has 1 saturated carbocycles. The third kappa shape index (κ3) is 3.71. The van der Waals surface area contributed by atoms with Gasteiger partial charge in [-0.2, -0.15) is 0 Å². The van der Waals surface area contributed by atoms with E-state index in [0.29, 0.717) is 35.4 Å². The highest BCUT2D eigenvalue weighted by Crippen LogP contribution is 2.35. The Hall–Kier alpha value is -4.40. The number of halogens is 1. The zero-order valence-electron chi connectivity index (χ0n) is 18.1. The Kier molecular flexibility index (Phi) is 5.37. The van der Waals surface area contributed by atoms with Crippen LogP contribution in [0.1, 0.15) is 18.9 Å². The van der Waals surface area contributed by atoms with Crippen molar-refractivity contribution in [2.75, 3.05) is 5.73 Å². The first kappa shape index (κ1) is 21.4. The van der Waals surface area contributed by atoms with Crippen molar-refractivity contribution in [2.24, 2.45) is 0 Å². The van der Waals surface area contributed by atoms with Gasteiger partial charge >= 0.3 is 5.69 Å². The van der Waals surface area contributed by atoms with Crippen LogP contribution in [0.5, 0.6) is 11.5 Å². The fourth-order valence-corrected chi connectivity index (χ4v) is 4.30. The standard InChI is InChI=1S/C25H22FN5O3/c1-2-22(32)29-15-12-16(13-15)30-21-10-11-28-24(27)23(21)31(25(30)33)20-9-8-18(14-19(20)26)34-17-6-4-3-5-7-17/h2-11,14-16H,1,12-13H2,(H2,27,28)(H,29,32). The van der Waals surface area contributed by atoms with Crippen LogP contribution in [-0.4, -0.2) is 26.1 Å². The van der Waals surface area contributed by atoms with Crippen LogP contribution in [-0.2, 0) is 4.79 Å². The van der Waals surface area contributed by atoms with Crippen molar-refractivity contribution >= 4 is 22.8 Å². The van der Waals surface area contributed by atoms with Crippen LogP contribution in [0.15, 0.2) is 78.2 Å². The number of hydrogen-bond acceptors (Lipinski definition) is 5. The molecule has 8 nitrogen and oxygen atoms in total. The summed E-state index contributed by atoms with van der Waals surface area (Å²) < 4.78 is 23.8. The average Bonchev–Trinajstić information content (AvgIpc) is 3.09. The van der Waals surface area contributed by atoms with Gasteiger partial charge in [0.05, 0.1) is 11.2 Å². The highest BCUT2D eigenvalue weighted by Gasteiger charge is 2.35. The number of nitrogen functional groups attached to an aromatic ring is 1. The van der Waals surface area contributed by atoms with Crippen molar-refractivity contribution in [1.82, 2.24) is 19.4 Å². The first-order valence-electron chi connectivity index (χ1n) is 10.8. The third-order valence-corrected chi connectivity index (χ3v) is 5.96. The Morgan fingerprint density at radius 1 is 1.18 bits per heavy atom. The largest absolute Gasteiger partial charge is 0.457 e. The van der Waals surface area contributed by atoms with Gasteiger partial charge in [-0.3, -0.25) is 13.9 Å². The van der Waals surface area contributed by atoms with Crippen LogP contribution in [0.2, 0.25) is 0 Å². The summed E-state index contributed by atoms with van der Waals surface area (Å²) in [5, 5.41) is 2.83. The molecule has 2 aromatic carbocycles. The fraction of sp³-hybridized carbons (Fsp3) is 0.160. The van der Waals surface area contributed by atoms with Gasteiger partial charge in [0.15, 0.2) is 5.82 Å². The molecule has 34 heavy (non-hydrogen) atoms. The molecule has 0 unspecified atom stereocenters. The lowest BCUT2D eigenvalue weighted by atomic mass is 9.86. The van der Waals surface area contributed by atoms with Gasteiger partial charge in [-0.15, -0.1) is 0 Å². The molecule has 9 heteroatoms. The van der Waals surface area contributed by atoms with Gasteiger partial charge in [0.25, 0.3) is 0 Å². The van der Waals surface area contributed by atoms with E-state index in [1.807, 2.05) is 18.2 Å². The maximum Gasteiger partial charge on any atom is 0.334 e. The minimum atomic E-state index is -0.637. The Balaban J connectivity index is 1.53. The molecule has 0 radical (unpaired) electrons. The Bertz CT molecular complexity index is 1450.